The first-order valence-electron chi connectivity index (χ1n) is 5.94. The molecule has 0 aliphatic rings. The van der Waals surface area contributed by atoms with E-state index in [4.69, 9.17) is 15.2 Å². The number of ether oxygens (including phenoxy) is 3. The molecule has 0 aliphatic heterocycles. The number of methoxy groups -OCH3 is 2. The van der Waals surface area contributed by atoms with Gasteiger partial charge in [-0.25, -0.2) is 4.79 Å². The maximum Gasteiger partial charge on any atom is 0.340 e. The highest BCUT2D eigenvalue weighted by molar-refractivity contribution is 5.95. The first-order chi connectivity index (χ1) is 9.65. The van der Waals surface area contributed by atoms with Gasteiger partial charge in [0.2, 0.25) is 0 Å². The van der Waals surface area contributed by atoms with Gasteiger partial charge in [0.25, 0.3) is 0 Å². The van der Waals surface area contributed by atoms with Crippen molar-refractivity contribution in [3.05, 3.63) is 48.0 Å². The molecule has 0 fully saturated rings. The maximum absolute atomic E-state index is 11.6. The lowest BCUT2D eigenvalue weighted by Crippen LogP contribution is -2.05. The van der Waals surface area contributed by atoms with Crippen molar-refractivity contribution < 1.29 is 19.0 Å². The summed E-state index contributed by atoms with van der Waals surface area (Å²) < 4.78 is 15.6. The number of nitrogens with two attached hydrogens (primary N) is 1. The molecule has 2 aromatic carbocycles. The van der Waals surface area contributed by atoms with Crippen molar-refractivity contribution in [2.75, 3.05) is 20.0 Å². The highest BCUT2D eigenvalue weighted by atomic mass is 16.5. The average Bonchev–Trinajstić information content (AvgIpc) is 2.49. The minimum atomic E-state index is -0.507. The van der Waals surface area contributed by atoms with E-state index in [-0.39, 0.29) is 5.56 Å². The zero-order valence-corrected chi connectivity index (χ0v) is 11.3. The summed E-state index contributed by atoms with van der Waals surface area (Å²) in [5, 5.41) is 0. The molecule has 2 rings (SSSR count). The van der Waals surface area contributed by atoms with Gasteiger partial charge in [-0.1, -0.05) is 12.1 Å². The molecule has 0 saturated heterocycles. The van der Waals surface area contributed by atoms with Crippen LogP contribution in [0.1, 0.15) is 10.4 Å². The van der Waals surface area contributed by atoms with Gasteiger partial charge in [-0.3, -0.25) is 0 Å². The molecule has 0 saturated carbocycles. The van der Waals surface area contributed by atoms with Crippen LogP contribution in [0.4, 0.5) is 5.69 Å². The van der Waals surface area contributed by atoms with Crippen LogP contribution in [-0.2, 0) is 4.74 Å². The van der Waals surface area contributed by atoms with Gasteiger partial charge in [0.1, 0.15) is 5.75 Å². The third kappa shape index (κ3) is 2.83. The summed E-state index contributed by atoms with van der Waals surface area (Å²) in [6.45, 7) is 0. The Hall–Kier alpha value is -2.69. The Morgan fingerprint density at radius 2 is 1.75 bits per heavy atom. The van der Waals surface area contributed by atoms with Crippen LogP contribution in [0, 0.1) is 0 Å². The molecule has 2 N–H and O–H groups in total. The maximum atomic E-state index is 11.6. The Kier molecular flexibility index (Phi) is 4.10. The summed E-state index contributed by atoms with van der Waals surface area (Å²) in [6, 6.07) is 12.0. The second kappa shape index (κ2) is 5.97. The molecule has 104 valence electrons. The molecular formula is C15H15NO4. The van der Waals surface area contributed by atoms with E-state index < -0.39 is 5.97 Å². The number of carbonyl (C=O) groups excluding carboxylic acids is 1. The summed E-state index contributed by atoms with van der Waals surface area (Å²) in [6.07, 6.45) is 0. The van der Waals surface area contributed by atoms with Crippen LogP contribution in [0.25, 0.3) is 0 Å². The Morgan fingerprint density at radius 1 is 1.05 bits per heavy atom. The van der Waals surface area contributed by atoms with Crippen LogP contribution in [0.3, 0.4) is 0 Å². The lowest BCUT2D eigenvalue weighted by Gasteiger charge is -2.11. The Labute approximate surface area is 116 Å². The van der Waals surface area contributed by atoms with Crippen LogP contribution in [0.5, 0.6) is 17.2 Å². The lowest BCUT2D eigenvalue weighted by molar-refractivity contribution is 0.0601. The molecule has 0 spiro atoms. The van der Waals surface area contributed by atoms with Gasteiger partial charge in [0.15, 0.2) is 11.5 Å². The number of rotatable bonds is 4. The summed E-state index contributed by atoms with van der Waals surface area (Å²) in [4.78, 5) is 11.6. The fourth-order valence-corrected chi connectivity index (χ4v) is 1.72. The van der Waals surface area contributed by atoms with Gasteiger partial charge in [0.05, 0.1) is 19.8 Å². The van der Waals surface area contributed by atoms with Crippen LogP contribution < -0.4 is 15.2 Å². The zero-order chi connectivity index (χ0) is 14.5. The largest absolute Gasteiger partial charge is 0.493 e. The molecule has 0 radical (unpaired) electrons. The average molecular weight is 273 g/mol. The minimum Gasteiger partial charge on any atom is -0.493 e. The smallest absolute Gasteiger partial charge is 0.340 e. The third-order valence-corrected chi connectivity index (χ3v) is 2.73. The zero-order valence-electron chi connectivity index (χ0n) is 11.3. The molecule has 0 amide bonds. The molecule has 5 heteroatoms. The molecular weight excluding hydrogens is 258 g/mol. The molecule has 0 aliphatic carbocycles. The van der Waals surface area contributed by atoms with Crippen molar-refractivity contribution in [1.82, 2.24) is 0 Å². The van der Waals surface area contributed by atoms with Crippen molar-refractivity contribution in [1.29, 1.82) is 0 Å². The normalized spacial score (nSPS) is 9.90. The van der Waals surface area contributed by atoms with Gasteiger partial charge < -0.3 is 19.9 Å². The number of para-hydroxylation sites is 2. The predicted octanol–water partition coefficient (Wildman–Crippen LogP) is 2.86. The molecule has 20 heavy (non-hydrogen) atoms. The molecule has 0 atom stereocenters. The summed E-state index contributed by atoms with van der Waals surface area (Å²) in [5.74, 6) is 1.12. The van der Waals surface area contributed by atoms with Gasteiger partial charge in [-0.2, -0.15) is 0 Å². The van der Waals surface area contributed by atoms with Crippen molar-refractivity contribution in [2.24, 2.45) is 0 Å². The number of hydrogen-bond acceptors (Lipinski definition) is 5. The number of anilines is 1. The topological polar surface area (TPSA) is 70.8 Å². The standard InChI is InChI=1S/C15H15NO4/c1-18-13-5-3-4-6-14(13)20-10-7-8-12(16)11(9-10)15(17)19-2/h3-9H,16H2,1-2H3. The second-order valence-corrected chi connectivity index (χ2v) is 3.99. The number of carbonyl (C=O) groups is 1. The van der Waals surface area contributed by atoms with E-state index in [0.29, 0.717) is 22.9 Å². The second-order valence-electron chi connectivity index (χ2n) is 3.99. The predicted molar refractivity (Wildman–Crippen MR) is 75.3 cm³/mol. The Bertz CT molecular complexity index is 625. The molecule has 0 bridgehead atoms. The SMILES string of the molecule is COC(=O)c1cc(Oc2ccccc2OC)ccc1N. The molecule has 0 unspecified atom stereocenters. The molecule has 0 heterocycles. The number of esters is 1. The van der Waals surface area contributed by atoms with Crippen LogP contribution in [-0.4, -0.2) is 20.2 Å². The van der Waals surface area contributed by atoms with Crippen LogP contribution in [0.15, 0.2) is 42.5 Å². The number of nitrogen functional groups attached to an aromatic ring is 1. The van der Waals surface area contributed by atoms with Gasteiger partial charge in [-0.15, -0.1) is 0 Å². The number of benzene rings is 2. The van der Waals surface area contributed by atoms with Crippen molar-refractivity contribution >= 4 is 11.7 Å². The van der Waals surface area contributed by atoms with Gasteiger partial charge in [0, 0.05) is 5.69 Å². The first kappa shape index (κ1) is 13.7. The Balaban J connectivity index is 2.32. The van der Waals surface area contributed by atoms with E-state index in [2.05, 4.69) is 4.74 Å². The fourth-order valence-electron chi connectivity index (χ4n) is 1.72. The van der Waals surface area contributed by atoms with E-state index in [0.717, 1.165) is 0 Å². The first-order valence-corrected chi connectivity index (χ1v) is 5.94. The Morgan fingerprint density at radius 3 is 2.40 bits per heavy atom. The van der Waals surface area contributed by atoms with Crippen molar-refractivity contribution in [2.45, 2.75) is 0 Å². The summed E-state index contributed by atoms with van der Waals surface area (Å²) in [7, 11) is 2.86. The third-order valence-electron chi connectivity index (χ3n) is 2.73. The monoisotopic (exact) mass is 273 g/mol. The van der Waals surface area contributed by atoms with Crippen LogP contribution >= 0.6 is 0 Å². The van der Waals surface area contributed by atoms with Crippen LogP contribution in [0.2, 0.25) is 0 Å². The molecule has 0 aromatic heterocycles. The minimum absolute atomic E-state index is 0.264. The van der Waals surface area contributed by atoms with Crippen molar-refractivity contribution in [3.8, 4) is 17.2 Å². The number of hydrogen-bond donors (Lipinski definition) is 1. The van der Waals surface area contributed by atoms with E-state index in [1.807, 2.05) is 12.1 Å². The van der Waals surface area contributed by atoms with E-state index >= 15 is 0 Å². The summed E-state index contributed by atoms with van der Waals surface area (Å²) >= 11 is 0. The van der Waals surface area contributed by atoms with Crippen molar-refractivity contribution in [3.63, 3.8) is 0 Å². The summed E-state index contributed by atoms with van der Waals surface area (Å²) in [5.41, 5.74) is 6.34. The van der Waals surface area contributed by atoms with E-state index in [1.54, 1.807) is 31.4 Å². The highest BCUT2D eigenvalue weighted by Crippen LogP contribution is 2.32. The van der Waals surface area contributed by atoms with Gasteiger partial charge in [-0.05, 0) is 30.3 Å². The highest BCUT2D eigenvalue weighted by Gasteiger charge is 2.12. The van der Waals surface area contributed by atoms with E-state index in [1.165, 1.54) is 13.2 Å². The fraction of sp³-hybridized carbons (Fsp3) is 0.133. The lowest BCUT2D eigenvalue weighted by atomic mass is 10.1. The molecule has 2 aromatic rings. The molecule has 5 nitrogen and oxygen atoms in total. The van der Waals surface area contributed by atoms with Gasteiger partial charge >= 0.3 is 5.97 Å². The van der Waals surface area contributed by atoms with E-state index in [9.17, 15) is 4.79 Å². The quantitative estimate of drug-likeness (QED) is 0.685.